The van der Waals surface area contributed by atoms with Gasteiger partial charge in [0.15, 0.2) is 23.3 Å². The molecule has 1 aliphatic heterocycles. The van der Waals surface area contributed by atoms with Gasteiger partial charge >= 0.3 is 0 Å². The van der Waals surface area contributed by atoms with E-state index in [1.807, 2.05) is 4.90 Å². The predicted molar refractivity (Wildman–Crippen MR) is 101 cm³/mol. The quantitative estimate of drug-likeness (QED) is 0.461. The summed E-state index contributed by atoms with van der Waals surface area (Å²) in [5.74, 6) is -9.94. The van der Waals surface area contributed by atoms with Crippen molar-refractivity contribution >= 4 is 23.0 Å². The van der Waals surface area contributed by atoms with Crippen molar-refractivity contribution in [2.24, 2.45) is 5.92 Å². The predicted octanol–water partition coefficient (Wildman–Crippen LogP) is 4.30. The molecule has 0 saturated carbocycles. The highest BCUT2D eigenvalue weighted by molar-refractivity contribution is 5.92. The topological polar surface area (TPSA) is 35.6 Å². The molecule has 2 aromatic carbocycles. The Labute approximate surface area is 164 Å². The summed E-state index contributed by atoms with van der Waals surface area (Å²) in [6.45, 7) is 4.41. The number of anilines is 3. The average Bonchev–Trinajstić information content (AvgIpc) is 2.72. The van der Waals surface area contributed by atoms with E-state index < -0.39 is 34.8 Å². The number of piperazine rings is 1. The standard InChI is InChI=1S/C20H20F5N3O/c1-11(2)20(29)26-12-3-5-13(6-4-12)27-7-9-28(10-8-27)19-17(24)15(22)14(21)16(23)18(19)25/h3-6,11H,7-10H2,1-2H3,(H,26,29). The van der Waals surface area contributed by atoms with Gasteiger partial charge in [-0.1, -0.05) is 13.8 Å². The molecular weight excluding hydrogens is 393 g/mol. The highest BCUT2D eigenvalue weighted by Gasteiger charge is 2.30. The summed E-state index contributed by atoms with van der Waals surface area (Å²) in [5, 5.41) is 2.78. The van der Waals surface area contributed by atoms with Crippen molar-refractivity contribution in [1.29, 1.82) is 0 Å². The normalized spacial score (nSPS) is 14.5. The molecule has 0 aliphatic carbocycles. The number of hydrogen-bond donors (Lipinski definition) is 1. The molecule has 1 heterocycles. The van der Waals surface area contributed by atoms with Crippen molar-refractivity contribution < 1.29 is 26.7 Å². The number of carbonyl (C=O) groups is 1. The van der Waals surface area contributed by atoms with Crippen molar-refractivity contribution in [3.63, 3.8) is 0 Å². The molecule has 1 aliphatic rings. The monoisotopic (exact) mass is 413 g/mol. The van der Waals surface area contributed by atoms with Gasteiger partial charge in [0.1, 0.15) is 5.69 Å². The van der Waals surface area contributed by atoms with Gasteiger partial charge in [-0.2, -0.15) is 0 Å². The fraction of sp³-hybridized carbons (Fsp3) is 0.350. The molecule has 0 radical (unpaired) electrons. The van der Waals surface area contributed by atoms with Crippen LogP contribution in [0.25, 0.3) is 0 Å². The summed E-state index contributed by atoms with van der Waals surface area (Å²) in [5.41, 5.74) is 0.574. The van der Waals surface area contributed by atoms with Crippen LogP contribution in [0.1, 0.15) is 13.8 Å². The molecule has 0 spiro atoms. The molecule has 1 fully saturated rings. The van der Waals surface area contributed by atoms with Crippen molar-refractivity contribution in [3.8, 4) is 0 Å². The Morgan fingerprint density at radius 3 is 1.72 bits per heavy atom. The number of nitrogens with zero attached hydrogens (tertiary/aromatic N) is 2. The first-order valence-corrected chi connectivity index (χ1v) is 9.13. The van der Waals surface area contributed by atoms with Crippen molar-refractivity contribution in [1.82, 2.24) is 0 Å². The average molecular weight is 413 g/mol. The lowest BCUT2D eigenvalue weighted by atomic mass is 10.1. The van der Waals surface area contributed by atoms with Gasteiger partial charge in [0.05, 0.1) is 0 Å². The fourth-order valence-electron chi connectivity index (χ4n) is 3.10. The second-order valence-electron chi connectivity index (χ2n) is 7.08. The molecule has 2 aromatic rings. The Balaban J connectivity index is 1.69. The van der Waals surface area contributed by atoms with Crippen molar-refractivity contribution in [2.75, 3.05) is 41.3 Å². The summed E-state index contributed by atoms with van der Waals surface area (Å²) in [6, 6.07) is 7.08. The summed E-state index contributed by atoms with van der Waals surface area (Å²) in [4.78, 5) is 14.8. The molecule has 1 N–H and O–H groups in total. The Morgan fingerprint density at radius 2 is 1.24 bits per heavy atom. The SMILES string of the molecule is CC(C)C(=O)Nc1ccc(N2CCN(c3c(F)c(F)c(F)c(F)c3F)CC2)cc1. The van der Waals surface area contributed by atoms with Crippen molar-refractivity contribution in [3.05, 3.63) is 53.4 Å². The van der Waals surface area contributed by atoms with Crippen LogP contribution >= 0.6 is 0 Å². The number of nitrogens with one attached hydrogen (secondary N) is 1. The van der Waals surface area contributed by atoms with Crippen LogP contribution in [0.4, 0.5) is 39.0 Å². The maximum absolute atomic E-state index is 14.0. The molecule has 0 bridgehead atoms. The van der Waals surface area contributed by atoms with Crippen LogP contribution in [0, 0.1) is 35.0 Å². The van der Waals surface area contributed by atoms with Gasteiger partial charge in [0, 0.05) is 43.5 Å². The highest BCUT2D eigenvalue weighted by Crippen LogP contribution is 2.31. The third-order valence-electron chi connectivity index (χ3n) is 4.81. The van der Waals surface area contributed by atoms with Crippen LogP contribution in [-0.2, 0) is 4.79 Å². The molecular formula is C20H20F5N3O. The molecule has 29 heavy (non-hydrogen) atoms. The van der Waals surface area contributed by atoms with E-state index in [2.05, 4.69) is 5.32 Å². The Morgan fingerprint density at radius 1 is 0.793 bits per heavy atom. The third-order valence-corrected chi connectivity index (χ3v) is 4.81. The number of rotatable bonds is 4. The maximum atomic E-state index is 14.0. The summed E-state index contributed by atoms with van der Waals surface area (Å²) in [6.07, 6.45) is 0. The first kappa shape index (κ1) is 20.9. The Kier molecular flexibility index (Phi) is 5.95. The Hall–Kier alpha value is -2.84. The molecule has 9 heteroatoms. The third kappa shape index (κ3) is 4.13. The van der Waals surface area contributed by atoms with E-state index in [9.17, 15) is 26.7 Å². The number of hydrogen-bond acceptors (Lipinski definition) is 3. The van der Waals surface area contributed by atoms with Crippen LogP contribution < -0.4 is 15.1 Å². The molecule has 0 unspecified atom stereocenters. The highest BCUT2D eigenvalue weighted by atomic mass is 19.2. The van der Waals surface area contributed by atoms with Crippen LogP contribution in [0.3, 0.4) is 0 Å². The van der Waals surface area contributed by atoms with E-state index in [0.717, 1.165) is 10.6 Å². The van der Waals surface area contributed by atoms with E-state index >= 15 is 0 Å². The van der Waals surface area contributed by atoms with Gasteiger partial charge in [-0.15, -0.1) is 0 Å². The number of halogens is 5. The van der Waals surface area contributed by atoms with Gasteiger partial charge in [-0.05, 0) is 24.3 Å². The number of carbonyl (C=O) groups excluding carboxylic acids is 1. The second kappa shape index (κ2) is 8.26. The van der Waals surface area contributed by atoms with Crippen LogP contribution in [-0.4, -0.2) is 32.1 Å². The maximum Gasteiger partial charge on any atom is 0.226 e. The van der Waals surface area contributed by atoms with E-state index in [1.165, 1.54) is 0 Å². The largest absolute Gasteiger partial charge is 0.368 e. The molecule has 156 valence electrons. The second-order valence-corrected chi connectivity index (χ2v) is 7.08. The summed E-state index contributed by atoms with van der Waals surface area (Å²) in [7, 11) is 0. The van der Waals surface area contributed by atoms with E-state index in [0.29, 0.717) is 18.8 Å². The Bertz CT molecular complexity index is 880. The van der Waals surface area contributed by atoms with Crippen LogP contribution in [0.15, 0.2) is 24.3 Å². The van der Waals surface area contributed by atoms with Gasteiger partial charge in [0.25, 0.3) is 0 Å². The van der Waals surface area contributed by atoms with Gasteiger partial charge in [-0.3, -0.25) is 4.79 Å². The number of amides is 1. The molecule has 1 amide bonds. The summed E-state index contributed by atoms with van der Waals surface area (Å²) >= 11 is 0. The zero-order valence-corrected chi connectivity index (χ0v) is 15.9. The minimum atomic E-state index is -2.16. The van der Waals surface area contributed by atoms with Crippen molar-refractivity contribution in [2.45, 2.75) is 13.8 Å². The zero-order valence-electron chi connectivity index (χ0n) is 15.9. The number of benzene rings is 2. The smallest absolute Gasteiger partial charge is 0.226 e. The van der Waals surface area contributed by atoms with Crippen LogP contribution in [0.2, 0.25) is 0 Å². The van der Waals surface area contributed by atoms with E-state index in [1.54, 1.807) is 38.1 Å². The van der Waals surface area contributed by atoms with Gasteiger partial charge < -0.3 is 15.1 Å². The molecule has 4 nitrogen and oxygen atoms in total. The van der Waals surface area contributed by atoms with Gasteiger partial charge in [-0.25, -0.2) is 22.0 Å². The molecule has 0 atom stereocenters. The lowest BCUT2D eigenvalue weighted by Crippen LogP contribution is -2.47. The minimum Gasteiger partial charge on any atom is -0.368 e. The molecule has 0 aromatic heterocycles. The minimum absolute atomic E-state index is 0.0875. The first-order valence-electron chi connectivity index (χ1n) is 9.13. The van der Waals surface area contributed by atoms with Gasteiger partial charge in [0.2, 0.25) is 11.7 Å². The molecule has 1 saturated heterocycles. The molecule has 3 rings (SSSR count). The zero-order chi connectivity index (χ0) is 21.3. The lowest BCUT2D eigenvalue weighted by Gasteiger charge is -2.37. The fourth-order valence-corrected chi connectivity index (χ4v) is 3.10. The van der Waals surface area contributed by atoms with Crippen LogP contribution in [0.5, 0.6) is 0 Å². The van der Waals surface area contributed by atoms with E-state index in [4.69, 9.17) is 0 Å². The first-order chi connectivity index (χ1) is 13.7. The lowest BCUT2D eigenvalue weighted by molar-refractivity contribution is -0.118. The van der Waals surface area contributed by atoms with E-state index in [-0.39, 0.29) is 24.9 Å². The summed E-state index contributed by atoms with van der Waals surface area (Å²) < 4.78 is 68.1.